The van der Waals surface area contributed by atoms with Crippen LogP contribution >= 0.6 is 11.6 Å². The zero-order valence-electron chi connectivity index (χ0n) is 11.6. The van der Waals surface area contributed by atoms with Gasteiger partial charge in [-0.1, -0.05) is 29.8 Å². The van der Waals surface area contributed by atoms with Crippen LogP contribution in [0.4, 0.5) is 5.82 Å². The van der Waals surface area contributed by atoms with E-state index < -0.39 is 0 Å². The minimum atomic E-state index is 0.202. The lowest BCUT2D eigenvalue weighted by molar-refractivity contribution is 0.274. The Balaban J connectivity index is 1.62. The van der Waals surface area contributed by atoms with Crippen LogP contribution in [0.5, 0.6) is 5.75 Å². The fourth-order valence-electron chi connectivity index (χ4n) is 2.70. The SMILES string of the molecule is Clc1cc(NC2CCOc3ccccc32)nc(C2CC2)n1. The van der Waals surface area contributed by atoms with Gasteiger partial charge in [-0.2, -0.15) is 0 Å². The highest BCUT2D eigenvalue weighted by Gasteiger charge is 2.28. The molecule has 1 N–H and O–H groups in total. The normalized spacial score (nSPS) is 20.5. The van der Waals surface area contributed by atoms with Crippen LogP contribution in [0, 0.1) is 0 Å². The number of para-hydroxylation sites is 1. The molecule has 1 aliphatic heterocycles. The quantitative estimate of drug-likeness (QED) is 0.872. The summed E-state index contributed by atoms with van der Waals surface area (Å²) in [4.78, 5) is 8.94. The van der Waals surface area contributed by atoms with E-state index in [0.29, 0.717) is 17.7 Å². The molecule has 1 atom stereocenters. The zero-order chi connectivity index (χ0) is 14.2. The van der Waals surface area contributed by atoms with E-state index in [0.717, 1.165) is 23.8 Å². The van der Waals surface area contributed by atoms with E-state index in [2.05, 4.69) is 21.4 Å². The van der Waals surface area contributed by atoms with Crippen molar-refractivity contribution in [2.45, 2.75) is 31.2 Å². The summed E-state index contributed by atoms with van der Waals surface area (Å²) in [7, 11) is 0. The first-order valence-corrected chi connectivity index (χ1v) is 7.70. The summed E-state index contributed by atoms with van der Waals surface area (Å²) >= 11 is 6.12. The topological polar surface area (TPSA) is 47.0 Å². The van der Waals surface area contributed by atoms with E-state index in [9.17, 15) is 0 Å². The fourth-order valence-corrected chi connectivity index (χ4v) is 2.89. The van der Waals surface area contributed by atoms with Crippen molar-refractivity contribution in [3.05, 3.63) is 46.9 Å². The minimum absolute atomic E-state index is 0.202. The van der Waals surface area contributed by atoms with Crippen molar-refractivity contribution in [3.8, 4) is 5.75 Å². The molecule has 1 aliphatic carbocycles. The lowest BCUT2D eigenvalue weighted by atomic mass is 10.0. The largest absolute Gasteiger partial charge is 0.493 e. The van der Waals surface area contributed by atoms with Gasteiger partial charge in [0.05, 0.1) is 12.6 Å². The van der Waals surface area contributed by atoms with E-state index in [1.165, 1.54) is 18.4 Å². The van der Waals surface area contributed by atoms with Gasteiger partial charge in [0.15, 0.2) is 0 Å². The molecule has 0 saturated heterocycles. The van der Waals surface area contributed by atoms with E-state index in [1.54, 1.807) is 6.07 Å². The van der Waals surface area contributed by atoms with Crippen molar-refractivity contribution in [2.24, 2.45) is 0 Å². The number of anilines is 1. The number of nitrogens with zero attached hydrogens (tertiary/aromatic N) is 2. The summed E-state index contributed by atoms with van der Waals surface area (Å²) < 4.78 is 5.69. The molecule has 1 unspecified atom stereocenters. The molecule has 5 heteroatoms. The summed E-state index contributed by atoms with van der Waals surface area (Å²) in [6.07, 6.45) is 3.25. The van der Waals surface area contributed by atoms with E-state index in [1.807, 2.05) is 18.2 Å². The van der Waals surface area contributed by atoms with E-state index in [-0.39, 0.29) is 6.04 Å². The monoisotopic (exact) mass is 301 g/mol. The van der Waals surface area contributed by atoms with Crippen molar-refractivity contribution in [3.63, 3.8) is 0 Å². The van der Waals surface area contributed by atoms with E-state index in [4.69, 9.17) is 16.3 Å². The highest BCUT2D eigenvalue weighted by molar-refractivity contribution is 6.29. The lowest BCUT2D eigenvalue weighted by Gasteiger charge is -2.27. The van der Waals surface area contributed by atoms with E-state index >= 15 is 0 Å². The number of aromatic nitrogens is 2. The van der Waals surface area contributed by atoms with Gasteiger partial charge in [-0.3, -0.25) is 0 Å². The van der Waals surface area contributed by atoms with Crippen LogP contribution in [0.2, 0.25) is 5.15 Å². The van der Waals surface area contributed by atoms with Gasteiger partial charge in [0.25, 0.3) is 0 Å². The minimum Gasteiger partial charge on any atom is -0.493 e. The molecule has 0 radical (unpaired) electrons. The molecule has 1 aromatic carbocycles. The molecule has 1 aromatic heterocycles. The molecule has 1 fully saturated rings. The van der Waals surface area contributed by atoms with Gasteiger partial charge in [-0.15, -0.1) is 0 Å². The van der Waals surface area contributed by atoms with Gasteiger partial charge in [-0.25, -0.2) is 9.97 Å². The molecular weight excluding hydrogens is 286 g/mol. The van der Waals surface area contributed by atoms with Crippen LogP contribution in [-0.2, 0) is 0 Å². The Morgan fingerprint density at radius 3 is 2.86 bits per heavy atom. The molecule has 2 aromatic rings. The second-order valence-electron chi connectivity index (χ2n) is 5.58. The number of nitrogens with one attached hydrogen (secondary N) is 1. The molecule has 21 heavy (non-hydrogen) atoms. The third-order valence-electron chi connectivity index (χ3n) is 3.94. The Morgan fingerprint density at radius 2 is 2.00 bits per heavy atom. The van der Waals surface area contributed by atoms with Crippen LogP contribution in [0.1, 0.15) is 42.6 Å². The van der Waals surface area contributed by atoms with Crippen LogP contribution in [0.15, 0.2) is 30.3 Å². The van der Waals surface area contributed by atoms with Gasteiger partial charge < -0.3 is 10.1 Å². The molecule has 4 rings (SSSR count). The highest BCUT2D eigenvalue weighted by Crippen LogP contribution is 2.39. The molecule has 0 amide bonds. The average Bonchev–Trinajstić information content (AvgIpc) is 3.32. The number of rotatable bonds is 3. The van der Waals surface area contributed by atoms with Crippen LogP contribution in [0.3, 0.4) is 0 Å². The number of hydrogen-bond donors (Lipinski definition) is 1. The number of halogens is 1. The molecule has 4 nitrogen and oxygen atoms in total. The zero-order valence-corrected chi connectivity index (χ0v) is 12.3. The Hall–Kier alpha value is -1.81. The Kier molecular flexibility index (Phi) is 3.19. The Bertz CT molecular complexity index is 672. The van der Waals surface area contributed by atoms with Crippen molar-refractivity contribution in [2.75, 3.05) is 11.9 Å². The van der Waals surface area contributed by atoms with Gasteiger partial charge in [0.1, 0.15) is 22.5 Å². The Morgan fingerprint density at radius 1 is 1.14 bits per heavy atom. The van der Waals surface area contributed by atoms with Crippen molar-refractivity contribution < 1.29 is 4.74 Å². The molecule has 108 valence electrons. The van der Waals surface area contributed by atoms with Crippen LogP contribution in [0.25, 0.3) is 0 Å². The maximum atomic E-state index is 6.12. The predicted octanol–water partition coefficient (Wildman–Crippen LogP) is 3.94. The number of hydrogen-bond acceptors (Lipinski definition) is 4. The van der Waals surface area contributed by atoms with Crippen molar-refractivity contribution in [1.82, 2.24) is 9.97 Å². The summed E-state index contributed by atoms with van der Waals surface area (Å²) in [5.41, 5.74) is 1.17. The molecule has 0 spiro atoms. The van der Waals surface area contributed by atoms with Gasteiger partial charge >= 0.3 is 0 Å². The molecule has 2 heterocycles. The third-order valence-corrected chi connectivity index (χ3v) is 4.13. The average molecular weight is 302 g/mol. The first kappa shape index (κ1) is 12.9. The second-order valence-corrected chi connectivity index (χ2v) is 5.97. The summed E-state index contributed by atoms with van der Waals surface area (Å²) in [5, 5.41) is 3.99. The number of fused-ring (bicyclic) bond motifs is 1. The first-order chi connectivity index (χ1) is 10.3. The maximum Gasteiger partial charge on any atom is 0.135 e. The number of ether oxygens (including phenoxy) is 1. The summed E-state index contributed by atoms with van der Waals surface area (Å²) in [6, 6.07) is 10.1. The van der Waals surface area contributed by atoms with Crippen LogP contribution in [-0.4, -0.2) is 16.6 Å². The maximum absolute atomic E-state index is 6.12. The predicted molar refractivity (Wildman–Crippen MR) is 81.9 cm³/mol. The summed E-state index contributed by atoms with van der Waals surface area (Å²) in [6.45, 7) is 0.711. The fraction of sp³-hybridized carbons (Fsp3) is 0.375. The van der Waals surface area contributed by atoms with Crippen molar-refractivity contribution >= 4 is 17.4 Å². The van der Waals surface area contributed by atoms with Gasteiger partial charge in [-0.05, 0) is 18.9 Å². The molecule has 0 bridgehead atoms. The Labute approximate surface area is 128 Å². The molecule has 2 aliphatic rings. The van der Waals surface area contributed by atoms with Gasteiger partial charge in [0, 0.05) is 24.0 Å². The summed E-state index contributed by atoms with van der Waals surface area (Å²) in [5.74, 6) is 3.11. The lowest BCUT2D eigenvalue weighted by Crippen LogP contribution is -2.21. The molecule has 1 saturated carbocycles. The third kappa shape index (κ3) is 2.68. The smallest absolute Gasteiger partial charge is 0.135 e. The first-order valence-electron chi connectivity index (χ1n) is 7.32. The van der Waals surface area contributed by atoms with Gasteiger partial charge in [0.2, 0.25) is 0 Å². The highest BCUT2D eigenvalue weighted by atomic mass is 35.5. The molecular formula is C16H16ClN3O. The van der Waals surface area contributed by atoms with Crippen LogP contribution < -0.4 is 10.1 Å². The second kappa shape index (κ2) is 5.19. The van der Waals surface area contributed by atoms with Crippen molar-refractivity contribution in [1.29, 1.82) is 0 Å². The standard InChI is InChI=1S/C16H16ClN3O/c17-14-9-15(20-16(19-14)10-5-6-10)18-12-7-8-21-13-4-2-1-3-11(12)13/h1-4,9-10,12H,5-8H2,(H,18,19,20). The number of benzene rings is 1.